The number of nitrogen functional groups attached to an aromatic ring is 1. The van der Waals surface area contributed by atoms with Crippen LogP contribution in [0, 0.1) is 0 Å². The van der Waals surface area contributed by atoms with Gasteiger partial charge in [-0.15, -0.1) is 0 Å². The first-order chi connectivity index (χ1) is 9.11. The van der Waals surface area contributed by atoms with Gasteiger partial charge in [-0.3, -0.25) is 4.79 Å². The van der Waals surface area contributed by atoms with Gasteiger partial charge in [-0.25, -0.2) is 0 Å². The van der Waals surface area contributed by atoms with Gasteiger partial charge in [0.05, 0.1) is 11.4 Å². The molecule has 0 saturated heterocycles. The number of nitrogens with two attached hydrogens (primary N) is 1. The van der Waals surface area contributed by atoms with Gasteiger partial charge in [0, 0.05) is 13.1 Å². The molecule has 0 saturated carbocycles. The highest BCUT2D eigenvalue weighted by molar-refractivity contribution is 5.86. The number of para-hydroxylation sites is 2. The second-order valence-corrected chi connectivity index (χ2v) is 4.72. The summed E-state index contributed by atoms with van der Waals surface area (Å²) in [6.45, 7) is 7.60. The molecule has 0 spiro atoms. The Bertz CT molecular complexity index is 406. The lowest BCUT2D eigenvalue weighted by atomic mass is 10.1. The average Bonchev–Trinajstić information content (AvgIpc) is 2.42. The standard InChI is InChI=1S/C15H25N3O/c1-4-10-17-15(19)12(3)18(11-5-2)14-9-7-6-8-13(14)16/h6-9,12H,4-5,10-11,16H2,1-3H3,(H,17,19). The molecule has 0 aromatic heterocycles. The molecule has 1 amide bonds. The van der Waals surface area contributed by atoms with Crippen molar-refractivity contribution in [3.8, 4) is 0 Å². The Morgan fingerprint density at radius 2 is 2.00 bits per heavy atom. The normalized spacial score (nSPS) is 11.9. The average molecular weight is 263 g/mol. The van der Waals surface area contributed by atoms with E-state index in [1.54, 1.807) is 0 Å². The van der Waals surface area contributed by atoms with E-state index < -0.39 is 0 Å². The summed E-state index contributed by atoms with van der Waals surface area (Å²) in [5.74, 6) is 0.0542. The van der Waals surface area contributed by atoms with E-state index in [4.69, 9.17) is 5.73 Å². The summed E-state index contributed by atoms with van der Waals surface area (Å²) in [6, 6.07) is 7.48. The first-order valence-electron chi connectivity index (χ1n) is 7.00. The molecule has 1 unspecified atom stereocenters. The fraction of sp³-hybridized carbons (Fsp3) is 0.533. The highest BCUT2D eigenvalue weighted by Gasteiger charge is 2.21. The van der Waals surface area contributed by atoms with Crippen LogP contribution in [0.2, 0.25) is 0 Å². The van der Waals surface area contributed by atoms with Gasteiger partial charge in [0.1, 0.15) is 6.04 Å². The van der Waals surface area contributed by atoms with E-state index in [1.165, 1.54) is 0 Å². The molecule has 0 radical (unpaired) electrons. The number of carbonyl (C=O) groups excluding carboxylic acids is 1. The second-order valence-electron chi connectivity index (χ2n) is 4.72. The summed E-state index contributed by atoms with van der Waals surface area (Å²) < 4.78 is 0. The molecule has 4 heteroatoms. The van der Waals surface area contributed by atoms with Crippen LogP contribution in [0.5, 0.6) is 0 Å². The van der Waals surface area contributed by atoms with Crippen molar-refractivity contribution in [2.75, 3.05) is 23.7 Å². The maximum absolute atomic E-state index is 12.1. The molecule has 0 heterocycles. The van der Waals surface area contributed by atoms with Crippen molar-refractivity contribution in [1.29, 1.82) is 0 Å². The molecule has 0 aliphatic carbocycles. The molecule has 4 nitrogen and oxygen atoms in total. The van der Waals surface area contributed by atoms with E-state index in [-0.39, 0.29) is 11.9 Å². The zero-order valence-electron chi connectivity index (χ0n) is 12.1. The fourth-order valence-corrected chi connectivity index (χ4v) is 2.05. The number of benzene rings is 1. The van der Waals surface area contributed by atoms with Crippen molar-refractivity contribution >= 4 is 17.3 Å². The lowest BCUT2D eigenvalue weighted by Gasteiger charge is -2.31. The molecule has 3 N–H and O–H groups in total. The number of hydrogen-bond donors (Lipinski definition) is 2. The molecule has 0 aliphatic heterocycles. The first kappa shape index (κ1) is 15.3. The monoisotopic (exact) mass is 263 g/mol. The quantitative estimate of drug-likeness (QED) is 0.743. The molecular formula is C15H25N3O. The lowest BCUT2D eigenvalue weighted by molar-refractivity contribution is -0.122. The summed E-state index contributed by atoms with van der Waals surface area (Å²) in [5.41, 5.74) is 7.66. The molecule has 0 bridgehead atoms. The summed E-state index contributed by atoms with van der Waals surface area (Å²) in [7, 11) is 0. The third-order valence-electron chi connectivity index (χ3n) is 3.11. The van der Waals surface area contributed by atoms with E-state index in [2.05, 4.69) is 17.1 Å². The molecule has 1 atom stereocenters. The number of rotatable bonds is 7. The highest BCUT2D eigenvalue weighted by atomic mass is 16.2. The van der Waals surface area contributed by atoms with Crippen molar-refractivity contribution < 1.29 is 4.79 Å². The summed E-state index contributed by atoms with van der Waals surface area (Å²) >= 11 is 0. The topological polar surface area (TPSA) is 58.4 Å². The van der Waals surface area contributed by atoms with Crippen molar-refractivity contribution in [2.45, 2.75) is 39.7 Å². The number of nitrogens with one attached hydrogen (secondary N) is 1. The van der Waals surface area contributed by atoms with Gasteiger partial charge in [0.25, 0.3) is 0 Å². The zero-order valence-corrected chi connectivity index (χ0v) is 12.1. The summed E-state index contributed by atoms with van der Waals surface area (Å²) in [4.78, 5) is 14.2. The van der Waals surface area contributed by atoms with Crippen molar-refractivity contribution in [3.05, 3.63) is 24.3 Å². The lowest BCUT2D eigenvalue weighted by Crippen LogP contribution is -2.46. The number of anilines is 2. The molecule has 1 aromatic rings. The smallest absolute Gasteiger partial charge is 0.242 e. The first-order valence-corrected chi connectivity index (χ1v) is 7.00. The van der Waals surface area contributed by atoms with Crippen LogP contribution >= 0.6 is 0 Å². The molecule has 1 aromatic carbocycles. The number of amides is 1. The van der Waals surface area contributed by atoms with Crippen molar-refractivity contribution in [1.82, 2.24) is 5.32 Å². The molecule has 0 aliphatic rings. The predicted molar refractivity (Wildman–Crippen MR) is 81.3 cm³/mol. The Balaban J connectivity index is 2.88. The summed E-state index contributed by atoms with van der Waals surface area (Å²) in [5, 5.41) is 2.94. The van der Waals surface area contributed by atoms with Gasteiger partial charge in [0.2, 0.25) is 5.91 Å². The maximum Gasteiger partial charge on any atom is 0.242 e. The Morgan fingerprint density at radius 3 is 2.58 bits per heavy atom. The SMILES string of the molecule is CCCNC(=O)C(C)N(CCC)c1ccccc1N. The van der Waals surface area contributed by atoms with Gasteiger partial charge < -0.3 is 16.0 Å². The minimum atomic E-state index is -0.212. The van der Waals surface area contributed by atoms with Crippen LogP contribution in [0.4, 0.5) is 11.4 Å². The van der Waals surface area contributed by atoms with Gasteiger partial charge >= 0.3 is 0 Å². The van der Waals surface area contributed by atoms with Gasteiger partial charge in [0.15, 0.2) is 0 Å². The van der Waals surface area contributed by atoms with Crippen LogP contribution in [0.15, 0.2) is 24.3 Å². The number of carbonyl (C=O) groups is 1. The van der Waals surface area contributed by atoms with Crippen LogP contribution in [0.25, 0.3) is 0 Å². The third-order valence-corrected chi connectivity index (χ3v) is 3.11. The van der Waals surface area contributed by atoms with E-state index >= 15 is 0 Å². The maximum atomic E-state index is 12.1. The van der Waals surface area contributed by atoms with E-state index in [9.17, 15) is 4.79 Å². The Morgan fingerprint density at radius 1 is 1.32 bits per heavy atom. The summed E-state index contributed by atoms with van der Waals surface area (Å²) in [6.07, 6.45) is 1.92. The van der Waals surface area contributed by atoms with E-state index in [0.717, 1.165) is 25.1 Å². The largest absolute Gasteiger partial charge is 0.397 e. The molecule has 106 valence electrons. The van der Waals surface area contributed by atoms with Crippen LogP contribution in [-0.2, 0) is 4.79 Å². The molecule has 19 heavy (non-hydrogen) atoms. The highest BCUT2D eigenvalue weighted by Crippen LogP contribution is 2.24. The van der Waals surface area contributed by atoms with Gasteiger partial charge in [-0.2, -0.15) is 0 Å². The van der Waals surface area contributed by atoms with Crippen LogP contribution in [0.1, 0.15) is 33.6 Å². The number of hydrogen-bond acceptors (Lipinski definition) is 3. The second kappa shape index (κ2) is 7.67. The van der Waals surface area contributed by atoms with Gasteiger partial charge in [-0.1, -0.05) is 26.0 Å². The van der Waals surface area contributed by atoms with Gasteiger partial charge in [-0.05, 0) is 31.9 Å². The van der Waals surface area contributed by atoms with Crippen molar-refractivity contribution in [3.63, 3.8) is 0 Å². The molecular weight excluding hydrogens is 238 g/mol. The minimum absolute atomic E-state index is 0.0542. The molecule has 1 rings (SSSR count). The van der Waals surface area contributed by atoms with E-state index in [1.807, 2.05) is 38.1 Å². The Kier molecular flexibility index (Phi) is 6.19. The number of nitrogens with zero attached hydrogens (tertiary/aromatic N) is 1. The van der Waals surface area contributed by atoms with Crippen LogP contribution in [-0.4, -0.2) is 25.0 Å². The Labute approximate surface area is 116 Å². The minimum Gasteiger partial charge on any atom is -0.397 e. The molecule has 0 fully saturated rings. The predicted octanol–water partition coefficient (Wildman–Crippen LogP) is 2.40. The van der Waals surface area contributed by atoms with Crippen molar-refractivity contribution in [2.24, 2.45) is 0 Å². The fourth-order valence-electron chi connectivity index (χ4n) is 2.05. The third kappa shape index (κ3) is 4.16. The zero-order chi connectivity index (χ0) is 14.3. The van der Waals surface area contributed by atoms with Crippen LogP contribution in [0.3, 0.4) is 0 Å². The van der Waals surface area contributed by atoms with E-state index in [0.29, 0.717) is 12.2 Å². The Hall–Kier alpha value is -1.71. The van der Waals surface area contributed by atoms with Crippen LogP contribution < -0.4 is 16.0 Å².